The van der Waals surface area contributed by atoms with E-state index < -0.39 is 118 Å². The van der Waals surface area contributed by atoms with Crippen LogP contribution in [0, 0.1) is 0 Å². The van der Waals surface area contributed by atoms with Crippen LogP contribution in [-0.2, 0) is 42.7 Å². The number of amides is 1. The highest BCUT2D eigenvalue weighted by atomic mass is 16.7. The number of aliphatic hydroxyl groups excluding tert-OH is 10. The van der Waals surface area contributed by atoms with Gasteiger partial charge in [0, 0.05) is 19.4 Å². The number of rotatable bonds is 17. The monoisotopic (exact) mass is 703 g/mol. The van der Waals surface area contributed by atoms with Gasteiger partial charge in [-0.05, 0) is 19.8 Å². The summed E-state index contributed by atoms with van der Waals surface area (Å²) in [5.41, 5.74) is 0. The zero-order valence-electron chi connectivity index (χ0n) is 26.4. The van der Waals surface area contributed by atoms with Gasteiger partial charge in [0.2, 0.25) is 5.91 Å². The van der Waals surface area contributed by atoms with Crippen molar-refractivity contribution in [2.45, 2.75) is 125 Å². The number of carbonyl (C=O) groups is 2. The quantitative estimate of drug-likeness (QED) is 0.0496. The lowest BCUT2D eigenvalue weighted by atomic mass is 9.96. The maximum absolute atomic E-state index is 12.1. The van der Waals surface area contributed by atoms with Gasteiger partial charge in [-0.1, -0.05) is 0 Å². The number of carbonyl (C=O) groups excluding carboxylic acids is 2. The molecule has 20 heteroatoms. The van der Waals surface area contributed by atoms with Gasteiger partial charge >= 0.3 is 5.97 Å². The second-order valence-electron chi connectivity index (χ2n) is 11.6. The molecule has 48 heavy (non-hydrogen) atoms. The number of hydrogen-bond acceptors (Lipinski definition) is 19. The van der Waals surface area contributed by atoms with Crippen LogP contribution in [0.3, 0.4) is 0 Å². The third-order valence-corrected chi connectivity index (χ3v) is 8.05. The minimum atomic E-state index is -1.89. The lowest BCUT2D eigenvalue weighted by Gasteiger charge is -2.46. The molecule has 0 saturated carbocycles. The van der Waals surface area contributed by atoms with Crippen molar-refractivity contribution < 1.29 is 93.8 Å². The molecule has 3 heterocycles. The number of hydrogen-bond donors (Lipinski definition) is 11. The Balaban J connectivity index is 1.63. The van der Waals surface area contributed by atoms with Gasteiger partial charge in [0.1, 0.15) is 73.2 Å². The Morgan fingerprint density at radius 1 is 0.625 bits per heavy atom. The SMILES string of the molecule is CCNC(=O)CCCOC(=O)CCCO[C@@H]1O[C@H](CO[C@H]2O[C@H](CO)[C@@H](O)[C@H](O)[C@@H]2O)[C@@H](O)[C@H](O[C@H]2O[C@H](CO)[C@@H](O)[C@H](O)[C@@H]2O)[C@@H]1O. The van der Waals surface area contributed by atoms with Crippen molar-refractivity contribution in [2.24, 2.45) is 0 Å². The van der Waals surface area contributed by atoms with Crippen LogP contribution in [-0.4, -0.2) is 195 Å². The Kier molecular flexibility index (Phi) is 16.7. The molecule has 0 radical (unpaired) electrons. The van der Waals surface area contributed by atoms with Crippen LogP contribution in [0.25, 0.3) is 0 Å². The van der Waals surface area contributed by atoms with E-state index >= 15 is 0 Å². The van der Waals surface area contributed by atoms with Crippen LogP contribution in [0.4, 0.5) is 0 Å². The Bertz CT molecular complexity index is 975. The van der Waals surface area contributed by atoms with Crippen molar-refractivity contribution in [3.63, 3.8) is 0 Å². The summed E-state index contributed by atoms with van der Waals surface area (Å²) in [6.45, 7) is 0.00314. The van der Waals surface area contributed by atoms with Crippen LogP contribution in [0.2, 0.25) is 0 Å². The number of aliphatic hydroxyl groups is 10. The number of ether oxygens (including phenoxy) is 7. The smallest absolute Gasteiger partial charge is 0.305 e. The van der Waals surface area contributed by atoms with Crippen molar-refractivity contribution in [1.29, 1.82) is 0 Å². The van der Waals surface area contributed by atoms with E-state index in [9.17, 15) is 60.7 Å². The molecule has 3 fully saturated rings. The Morgan fingerprint density at radius 2 is 1.17 bits per heavy atom. The van der Waals surface area contributed by atoms with Gasteiger partial charge in [0.05, 0.1) is 33.0 Å². The van der Waals surface area contributed by atoms with E-state index in [1.165, 1.54) is 0 Å². The molecule has 280 valence electrons. The molecule has 3 rings (SSSR count). The fourth-order valence-electron chi connectivity index (χ4n) is 5.26. The standard InChI is InChI=1S/C28H49NO19/c1-2-29-15(32)5-3-7-42-16(33)6-4-8-43-27-24(41)25(48-28-23(40)21(38)18(35)13(10-31)46-28)19(36)14(47-27)11-44-26-22(39)20(37)17(34)12(9-30)45-26/h12-14,17-28,30-31,34-41H,2-11H2,1H3,(H,29,32)/t12-,13-,14-,17-,18-,19-,20+,21+,22+,23+,24+,25+,26+,27-,28-/m1/s1. The number of esters is 1. The topological polar surface area (TPSA) is 313 Å². The number of nitrogens with one attached hydrogen (secondary N) is 1. The first-order chi connectivity index (χ1) is 22.8. The van der Waals surface area contributed by atoms with E-state index in [1.54, 1.807) is 6.92 Å². The van der Waals surface area contributed by atoms with E-state index in [-0.39, 0.29) is 38.4 Å². The minimum Gasteiger partial charge on any atom is -0.466 e. The summed E-state index contributed by atoms with van der Waals surface area (Å²) in [6.07, 6.45) is -24.4. The Morgan fingerprint density at radius 3 is 1.77 bits per heavy atom. The molecule has 15 atom stereocenters. The summed E-state index contributed by atoms with van der Waals surface area (Å²) < 4.78 is 38.1. The molecular formula is C28H49NO19. The van der Waals surface area contributed by atoms with Crippen molar-refractivity contribution in [3.05, 3.63) is 0 Å². The lowest BCUT2D eigenvalue weighted by Crippen LogP contribution is -2.65. The van der Waals surface area contributed by atoms with Crippen molar-refractivity contribution in [1.82, 2.24) is 5.32 Å². The van der Waals surface area contributed by atoms with Gasteiger partial charge < -0.3 is 89.5 Å². The molecule has 3 aliphatic heterocycles. The van der Waals surface area contributed by atoms with Gasteiger partial charge in [-0.3, -0.25) is 9.59 Å². The van der Waals surface area contributed by atoms with Gasteiger partial charge in [0.25, 0.3) is 0 Å². The second-order valence-corrected chi connectivity index (χ2v) is 11.6. The summed E-state index contributed by atoms with van der Waals surface area (Å²) in [4.78, 5) is 23.6. The van der Waals surface area contributed by atoms with Crippen LogP contribution in [0.1, 0.15) is 32.6 Å². The highest BCUT2D eigenvalue weighted by molar-refractivity contribution is 5.75. The molecule has 1 amide bonds. The minimum absolute atomic E-state index is 0.0340. The predicted octanol–water partition coefficient (Wildman–Crippen LogP) is -6.31. The molecule has 0 bridgehead atoms. The Labute approximate surface area is 275 Å². The van der Waals surface area contributed by atoms with Gasteiger partial charge in [-0.25, -0.2) is 0 Å². The average molecular weight is 704 g/mol. The van der Waals surface area contributed by atoms with Gasteiger partial charge in [-0.2, -0.15) is 0 Å². The summed E-state index contributed by atoms with van der Waals surface area (Å²) in [6, 6.07) is 0. The zero-order chi connectivity index (χ0) is 35.5. The summed E-state index contributed by atoms with van der Waals surface area (Å²) in [5.74, 6) is -0.728. The van der Waals surface area contributed by atoms with Crippen LogP contribution in [0.15, 0.2) is 0 Å². The van der Waals surface area contributed by atoms with E-state index in [0.29, 0.717) is 13.0 Å². The molecular weight excluding hydrogens is 654 g/mol. The van der Waals surface area contributed by atoms with Crippen molar-refractivity contribution >= 4 is 11.9 Å². The highest BCUT2D eigenvalue weighted by Crippen LogP contribution is 2.31. The van der Waals surface area contributed by atoms with E-state index in [2.05, 4.69) is 5.32 Å². The van der Waals surface area contributed by atoms with E-state index in [0.717, 1.165) is 0 Å². The van der Waals surface area contributed by atoms with Crippen LogP contribution in [0.5, 0.6) is 0 Å². The average Bonchev–Trinajstić information content (AvgIpc) is 3.07. The molecule has 0 spiro atoms. The molecule has 0 aromatic rings. The summed E-state index contributed by atoms with van der Waals surface area (Å²) in [5, 5.41) is 105. The largest absolute Gasteiger partial charge is 0.466 e. The fourth-order valence-corrected chi connectivity index (χ4v) is 5.26. The molecule has 20 nitrogen and oxygen atoms in total. The molecule has 11 N–H and O–H groups in total. The van der Waals surface area contributed by atoms with Crippen molar-refractivity contribution in [3.8, 4) is 0 Å². The maximum Gasteiger partial charge on any atom is 0.305 e. The van der Waals surface area contributed by atoms with E-state index in [1.807, 2.05) is 0 Å². The summed E-state index contributed by atoms with van der Waals surface area (Å²) >= 11 is 0. The molecule has 0 unspecified atom stereocenters. The fraction of sp³-hybridized carbons (Fsp3) is 0.929. The van der Waals surface area contributed by atoms with Gasteiger partial charge in [-0.15, -0.1) is 0 Å². The van der Waals surface area contributed by atoms with Crippen LogP contribution < -0.4 is 5.32 Å². The summed E-state index contributed by atoms with van der Waals surface area (Å²) in [7, 11) is 0. The van der Waals surface area contributed by atoms with Gasteiger partial charge in [0.15, 0.2) is 18.9 Å². The first-order valence-electron chi connectivity index (χ1n) is 15.8. The second kappa shape index (κ2) is 19.6. The highest BCUT2D eigenvalue weighted by Gasteiger charge is 2.52. The molecule has 0 aliphatic carbocycles. The first-order valence-corrected chi connectivity index (χ1v) is 15.8. The van der Waals surface area contributed by atoms with Crippen molar-refractivity contribution in [2.75, 3.05) is 39.6 Å². The molecule has 3 saturated heterocycles. The third-order valence-electron chi connectivity index (χ3n) is 8.05. The predicted molar refractivity (Wildman–Crippen MR) is 153 cm³/mol. The molecule has 0 aromatic heterocycles. The molecule has 3 aliphatic rings. The maximum atomic E-state index is 12.1. The zero-order valence-corrected chi connectivity index (χ0v) is 26.4. The first kappa shape index (κ1) is 40.7. The lowest BCUT2D eigenvalue weighted by molar-refractivity contribution is -0.366. The third kappa shape index (κ3) is 10.7. The van der Waals surface area contributed by atoms with E-state index in [4.69, 9.17) is 33.2 Å². The normalized spacial score (nSPS) is 40.4. The Hall–Kier alpha value is -1.70. The molecule has 0 aromatic carbocycles. The van der Waals surface area contributed by atoms with Crippen LogP contribution >= 0.6 is 0 Å².